The summed E-state index contributed by atoms with van der Waals surface area (Å²) in [6.45, 7) is 5.55. The number of hydrogen-bond donors (Lipinski definition) is 1. The summed E-state index contributed by atoms with van der Waals surface area (Å²) in [5, 5.41) is 9.37. The van der Waals surface area contributed by atoms with Gasteiger partial charge in [-0.25, -0.2) is 4.98 Å². The molecule has 1 aromatic heterocycles. The highest BCUT2D eigenvalue weighted by atomic mass is 16.3. The standard InChI is InChI=1S/C15H24N2O/c1-3-5-13-9-12(11-18)10-15(16-13)17(8-4-2)14-6-7-14/h9-10,14,18H,3-8,11H2,1-2H3. The molecule has 1 saturated carbocycles. The summed E-state index contributed by atoms with van der Waals surface area (Å²) < 4.78 is 0. The molecule has 0 aromatic carbocycles. The number of aliphatic hydroxyl groups is 1. The Labute approximate surface area is 110 Å². The van der Waals surface area contributed by atoms with Crippen LogP contribution in [0.3, 0.4) is 0 Å². The lowest BCUT2D eigenvalue weighted by Crippen LogP contribution is -2.27. The fourth-order valence-corrected chi connectivity index (χ4v) is 2.37. The van der Waals surface area contributed by atoms with Gasteiger partial charge in [0.05, 0.1) is 6.61 Å². The van der Waals surface area contributed by atoms with E-state index in [4.69, 9.17) is 4.98 Å². The number of pyridine rings is 1. The van der Waals surface area contributed by atoms with Gasteiger partial charge in [-0.05, 0) is 43.4 Å². The molecule has 18 heavy (non-hydrogen) atoms. The molecular weight excluding hydrogens is 224 g/mol. The molecule has 0 radical (unpaired) electrons. The van der Waals surface area contributed by atoms with Crippen molar-refractivity contribution in [3.63, 3.8) is 0 Å². The minimum atomic E-state index is 0.108. The first-order valence-corrected chi connectivity index (χ1v) is 7.15. The van der Waals surface area contributed by atoms with Gasteiger partial charge in [-0.3, -0.25) is 0 Å². The van der Waals surface area contributed by atoms with Gasteiger partial charge in [-0.15, -0.1) is 0 Å². The van der Waals surface area contributed by atoms with E-state index in [9.17, 15) is 5.11 Å². The maximum Gasteiger partial charge on any atom is 0.129 e. The molecule has 1 N–H and O–H groups in total. The molecule has 0 atom stereocenters. The Morgan fingerprint density at radius 1 is 1.28 bits per heavy atom. The van der Waals surface area contributed by atoms with Gasteiger partial charge in [0.25, 0.3) is 0 Å². The van der Waals surface area contributed by atoms with Crippen LogP contribution in [0.5, 0.6) is 0 Å². The van der Waals surface area contributed by atoms with Crippen LogP contribution in [0, 0.1) is 0 Å². The second kappa shape index (κ2) is 6.19. The minimum Gasteiger partial charge on any atom is -0.392 e. The normalized spacial score (nSPS) is 14.8. The van der Waals surface area contributed by atoms with E-state index >= 15 is 0 Å². The highest BCUT2D eigenvalue weighted by Gasteiger charge is 2.29. The lowest BCUT2D eigenvalue weighted by molar-refractivity contribution is 0.281. The Hall–Kier alpha value is -1.09. The molecule has 0 saturated heterocycles. The summed E-state index contributed by atoms with van der Waals surface area (Å²) in [6, 6.07) is 4.76. The molecule has 1 fully saturated rings. The molecule has 0 unspecified atom stereocenters. The smallest absolute Gasteiger partial charge is 0.129 e. The van der Waals surface area contributed by atoms with Gasteiger partial charge in [-0.1, -0.05) is 20.3 Å². The zero-order valence-corrected chi connectivity index (χ0v) is 11.5. The molecule has 0 spiro atoms. The topological polar surface area (TPSA) is 36.4 Å². The molecule has 1 aliphatic carbocycles. The first-order chi connectivity index (χ1) is 8.78. The molecule has 0 bridgehead atoms. The monoisotopic (exact) mass is 248 g/mol. The van der Waals surface area contributed by atoms with Crippen molar-refractivity contribution in [2.45, 2.75) is 58.6 Å². The van der Waals surface area contributed by atoms with Crippen LogP contribution < -0.4 is 4.90 Å². The third-order valence-electron chi connectivity index (χ3n) is 3.36. The third-order valence-corrected chi connectivity index (χ3v) is 3.36. The Bertz CT molecular complexity index is 388. The number of aliphatic hydroxyl groups excluding tert-OH is 1. The SMILES string of the molecule is CCCc1cc(CO)cc(N(CCC)C2CC2)n1. The summed E-state index contributed by atoms with van der Waals surface area (Å²) >= 11 is 0. The van der Waals surface area contributed by atoms with Gasteiger partial charge in [0.2, 0.25) is 0 Å². The van der Waals surface area contributed by atoms with Crippen LogP contribution in [-0.4, -0.2) is 22.7 Å². The fraction of sp³-hybridized carbons (Fsp3) is 0.667. The van der Waals surface area contributed by atoms with Crippen molar-refractivity contribution in [1.29, 1.82) is 0 Å². The van der Waals surface area contributed by atoms with Crippen molar-refractivity contribution < 1.29 is 5.11 Å². The maximum absolute atomic E-state index is 9.37. The maximum atomic E-state index is 9.37. The van der Waals surface area contributed by atoms with Crippen LogP contribution in [-0.2, 0) is 13.0 Å². The second-order valence-corrected chi connectivity index (χ2v) is 5.16. The molecule has 3 nitrogen and oxygen atoms in total. The molecule has 1 aromatic rings. The van der Waals surface area contributed by atoms with E-state index in [0.717, 1.165) is 42.9 Å². The van der Waals surface area contributed by atoms with E-state index in [1.54, 1.807) is 0 Å². The van der Waals surface area contributed by atoms with Crippen LogP contribution in [0.1, 0.15) is 50.8 Å². The van der Waals surface area contributed by atoms with E-state index < -0.39 is 0 Å². The van der Waals surface area contributed by atoms with Gasteiger partial charge < -0.3 is 10.0 Å². The Kier molecular flexibility index (Phi) is 4.59. The van der Waals surface area contributed by atoms with E-state index in [0.29, 0.717) is 6.04 Å². The zero-order chi connectivity index (χ0) is 13.0. The highest BCUT2D eigenvalue weighted by molar-refractivity contribution is 5.45. The Morgan fingerprint density at radius 3 is 2.61 bits per heavy atom. The van der Waals surface area contributed by atoms with Crippen molar-refractivity contribution in [1.82, 2.24) is 4.98 Å². The molecule has 0 amide bonds. The average Bonchev–Trinajstić information content (AvgIpc) is 3.20. The van der Waals surface area contributed by atoms with Gasteiger partial charge >= 0.3 is 0 Å². The Balaban J connectivity index is 2.25. The summed E-state index contributed by atoms with van der Waals surface area (Å²) in [4.78, 5) is 7.18. The first-order valence-electron chi connectivity index (χ1n) is 7.15. The van der Waals surface area contributed by atoms with Crippen molar-refractivity contribution in [3.8, 4) is 0 Å². The Morgan fingerprint density at radius 2 is 2.06 bits per heavy atom. The second-order valence-electron chi connectivity index (χ2n) is 5.16. The summed E-state index contributed by atoms with van der Waals surface area (Å²) in [5.41, 5.74) is 2.10. The lowest BCUT2D eigenvalue weighted by Gasteiger charge is -2.24. The lowest BCUT2D eigenvalue weighted by atomic mass is 10.1. The predicted octanol–water partition coefficient (Wildman–Crippen LogP) is 2.91. The highest BCUT2D eigenvalue weighted by Crippen LogP contribution is 2.31. The third kappa shape index (κ3) is 3.22. The van der Waals surface area contributed by atoms with Crippen molar-refractivity contribution in [3.05, 3.63) is 23.4 Å². The van der Waals surface area contributed by atoms with E-state index in [1.807, 2.05) is 12.1 Å². The fourth-order valence-electron chi connectivity index (χ4n) is 2.37. The van der Waals surface area contributed by atoms with Gasteiger partial charge in [0.1, 0.15) is 5.82 Å². The minimum absolute atomic E-state index is 0.108. The zero-order valence-electron chi connectivity index (χ0n) is 11.5. The van der Waals surface area contributed by atoms with Gasteiger partial charge in [0, 0.05) is 18.3 Å². The van der Waals surface area contributed by atoms with Crippen molar-refractivity contribution in [2.24, 2.45) is 0 Å². The molecule has 1 aliphatic rings. The number of aryl methyl sites for hydroxylation is 1. The van der Waals surface area contributed by atoms with Crippen LogP contribution in [0.25, 0.3) is 0 Å². The molecular formula is C15H24N2O. The number of aromatic nitrogens is 1. The van der Waals surface area contributed by atoms with Crippen LogP contribution in [0.15, 0.2) is 12.1 Å². The van der Waals surface area contributed by atoms with Crippen LogP contribution >= 0.6 is 0 Å². The van der Waals surface area contributed by atoms with Gasteiger partial charge in [-0.2, -0.15) is 0 Å². The number of anilines is 1. The molecule has 100 valence electrons. The number of nitrogens with zero attached hydrogens (tertiary/aromatic N) is 2. The first kappa shape index (κ1) is 13.3. The average molecular weight is 248 g/mol. The van der Waals surface area contributed by atoms with Crippen LogP contribution in [0.4, 0.5) is 5.82 Å². The summed E-state index contributed by atoms with van der Waals surface area (Å²) in [7, 11) is 0. The summed E-state index contributed by atoms with van der Waals surface area (Å²) in [5.74, 6) is 1.06. The number of rotatable bonds is 7. The number of hydrogen-bond acceptors (Lipinski definition) is 3. The largest absolute Gasteiger partial charge is 0.392 e. The van der Waals surface area contributed by atoms with Gasteiger partial charge in [0.15, 0.2) is 0 Å². The molecule has 0 aliphatic heterocycles. The van der Waals surface area contributed by atoms with Crippen molar-refractivity contribution in [2.75, 3.05) is 11.4 Å². The van der Waals surface area contributed by atoms with Crippen molar-refractivity contribution >= 4 is 5.82 Å². The predicted molar refractivity (Wildman–Crippen MR) is 74.8 cm³/mol. The van der Waals surface area contributed by atoms with E-state index in [2.05, 4.69) is 18.7 Å². The molecule has 2 rings (SSSR count). The summed E-state index contributed by atoms with van der Waals surface area (Å²) in [6.07, 6.45) is 5.80. The molecule has 1 heterocycles. The quantitative estimate of drug-likeness (QED) is 0.806. The molecule has 3 heteroatoms. The van der Waals surface area contributed by atoms with E-state index in [-0.39, 0.29) is 6.61 Å². The van der Waals surface area contributed by atoms with E-state index in [1.165, 1.54) is 12.8 Å². The van der Waals surface area contributed by atoms with Crippen LogP contribution in [0.2, 0.25) is 0 Å².